The Bertz CT molecular complexity index is 1410. The van der Waals surface area contributed by atoms with E-state index in [1.165, 1.54) is 0 Å². The number of phenolic OH excluding ortho intramolecular Hbond substituents is 1. The van der Waals surface area contributed by atoms with Gasteiger partial charge in [-0.2, -0.15) is 0 Å². The number of carboxylic acid groups (broad SMARTS) is 1. The molecule has 0 atom stereocenters. The Kier molecular flexibility index (Phi) is 7.30. The summed E-state index contributed by atoms with van der Waals surface area (Å²) in [5.74, 6) is -0.224. The van der Waals surface area contributed by atoms with Crippen molar-refractivity contribution in [3.05, 3.63) is 74.4 Å². The molecule has 9 nitrogen and oxygen atoms in total. The number of anilines is 3. The minimum Gasteiger partial charge on any atom is -0.507 e. The predicted octanol–water partition coefficient (Wildman–Crippen LogP) is 5.11. The minimum absolute atomic E-state index is 0.0692. The van der Waals surface area contributed by atoms with Gasteiger partial charge in [0.15, 0.2) is 5.69 Å². The number of carbonyl (C=O) groups is 1. The largest absolute Gasteiger partial charge is 0.507 e. The maximum Gasteiger partial charge on any atom is 0.416 e. The van der Waals surface area contributed by atoms with Crippen LogP contribution in [-0.4, -0.2) is 25.4 Å². The molecule has 0 aliphatic rings. The van der Waals surface area contributed by atoms with Gasteiger partial charge < -0.3 is 15.9 Å². The van der Waals surface area contributed by atoms with E-state index in [9.17, 15) is 24.6 Å². The van der Waals surface area contributed by atoms with Gasteiger partial charge in [0, 0.05) is 17.7 Å². The van der Waals surface area contributed by atoms with Crippen molar-refractivity contribution in [2.45, 2.75) is 72.3 Å². The third kappa shape index (κ3) is 5.12. The van der Waals surface area contributed by atoms with Gasteiger partial charge in [-0.3, -0.25) is 9.36 Å². The second-order valence-corrected chi connectivity index (χ2v) is 11.2. The van der Waals surface area contributed by atoms with Gasteiger partial charge in [-0.1, -0.05) is 66.7 Å². The molecule has 3 rings (SSSR count). The number of hydrogen-bond acceptors (Lipinski definition) is 5. The van der Waals surface area contributed by atoms with Gasteiger partial charge >= 0.3 is 11.8 Å². The molecule has 1 aromatic heterocycles. The lowest BCUT2D eigenvalue weighted by molar-refractivity contribution is 0.204. The first-order chi connectivity index (χ1) is 17.1. The molecule has 0 aliphatic heterocycles. The zero-order chi connectivity index (χ0) is 27.9. The van der Waals surface area contributed by atoms with Gasteiger partial charge in [0.25, 0.3) is 5.56 Å². The van der Waals surface area contributed by atoms with Crippen LogP contribution in [0.25, 0.3) is 5.69 Å². The summed E-state index contributed by atoms with van der Waals surface area (Å²) < 4.78 is 2.16. The monoisotopic (exact) mass is 508 g/mol. The summed E-state index contributed by atoms with van der Waals surface area (Å²) in [7, 11) is 0. The highest BCUT2D eigenvalue weighted by Crippen LogP contribution is 2.43. The fourth-order valence-corrected chi connectivity index (χ4v) is 4.34. The predicted molar refractivity (Wildman–Crippen MR) is 147 cm³/mol. The number of nitrogens with zero attached hydrogens (tertiary/aromatic N) is 3. The molecule has 9 heteroatoms. The molecule has 1 amide bonds. The minimum atomic E-state index is -1.45. The normalized spacial score (nSPS) is 12.0. The van der Waals surface area contributed by atoms with Gasteiger partial charge in [0.1, 0.15) is 11.6 Å². The van der Waals surface area contributed by atoms with Crippen LogP contribution in [-0.2, 0) is 17.4 Å². The summed E-state index contributed by atoms with van der Waals surface area (Å²) in [6.45, 7) is 13.3. The van der Waals surface area contributed by atoms with E-state index in [0.717, 1.165) is 14.0 Å². The summed E-state index contributed by atoms with van der Waals surface area (Å²) in [6, 6.07) is 11.6. The van der Waals surface area contributed by atoms with Crippen LogP contribution in [0.4, 0.5) is 22.0 Å². The first-order valence-electron chi connectivity index (χ1n) is 12.2. The third-order valence-corrected chi connectivity index (χ3v) is 6.20. The zero-order valence-corrected chi connectivity index (χ0v) is 22.5. The van der Waals surface area contributed by atoms with Crippen molar-refractivity contribution in [3.63, 3.8) is 0 Å². The van der Waals surface area contributed by atoms with Gasteiger partial charge in [0.2, 0.25) is 0 Å². The van der Waals surface area contributed by atoms with Crippen LogP contribution < -0.4 is 21.9 Å². The number of nitrogens with two attached hydrogens (primary N) is 1. The molecular formula is C28H36N4O5. The highest BCUT2D eigenvalue weighted by Gasteiger charge is 2.32. The summed E-state index contributed by atoms with van der Waals surface area (Å²) >= 11 is 0. The van der Waals surface area contributed by atoms with Crippen molar-refractivity contribution in [2.75, 3.05) is 10.6 Å². The number of hydrogen-bond donors (Lipinski definition) is 3. The lowest BCUT2D eigenvalue weighted by atomic mass is 9.79. The quantitative estimate of drug-likeness (QED) is 0.439. The standard InChI is InChI=1S/C28H36N4O5/c1-8-14-30-24(34)21(23(29)32(25(30)35)17-12-10-9-11-13-17)31(26(36)37)18-15-19(27(2,3)4)22(33)20(16-18)28(5,6)7/h9-13,15-16,33H,8,14,29H2,1-7H3,(H,36,37). The molecule has 0 aliphatic carbocycles. The highest BCUT2D eigenvalue weighted by molar-refractivity contribution is 5.98. The van der Waals surface area contributed by atoms with Crippen molar-refractivity contribution in [1.29, 1.82) is 0 Å². The number of phenols is 1. The van der Waals surface area contributed by atoms with Gasteiger partial charge in [0.05, 0.1) is 11.4 Å². The number of rotatable bonds is 5. The van der Waals surface area contributed by atoms with Gasteiger partial charge in [-0.25, -0.2) is 19.1 Å². The van der Waals surface area contributed by atoms with Crippen molar-refractivity contribution in [1.82, 2.24) is 9.13 Å². The fraction of sp³-hybridized carbons (Fsp3) is 0.393. The van der Waals surface area contributed by atoms with E-state index >= 15 is 0 Å². The Hall–Kier alpha value is -4.01. The van der Waals surface area contributed by atoms with E-state index < -0.39 is 28.2 Å². The molecule has 198 valence electrons. The molecular weight excluding hydrogens is 472 g/mol. The van der Waals surface area contributed by atoms with Crippen LogP contribution in [0.1, 0.15) is 66.0 Å². The number of amides is 1. The van der Waals surface area contributed by atoms with Crippen molar-refractivity contribution in [2.24, 2.45) is 0 Å². The van der Waals surface area contributed by atoms with E-state index in [4.69, 9.17) is 5.73 Å². The smallest absolute Gasteiger partial charge is 0.416 e. The fourth-order valence-electron chi connectivity index (χ4n) is 4.34. The Morgan fingerprint density at radius 2 is 1.49 bits per heavy atom. The maximum atomic E-state index is 13.6. The third-order valence-electron chi connectivity index (χ3n) is 6.20. The van der Waals surface area contributed by atoms with Crippen molar-refractivity contribution in [3.8, 4) is 11.4 Å². The second kappa shape index (κ2) is 9.80. The summed E-state index contributed by atoms with van der Waals surface area (Å²) in [5.41, 5.74) is 5.12. The van der Waals surface area contributed by atoms with E-state index in [-0.39, 0.29) is 29.5 Å². The lowest BCUT2D eigenvalue weighted by Crippen LogP contribution is -2.44. The first-order valence-corrected chi connectivity index (χ1v) is 12.2. The van der Waals surface area contributed by atoms with E-state index in [1.807, 2.05) is 48.5 Å². The number of benzene rings is 2. The number of nitrogen functional groups attached to an aromatic ring is 1. The topological polar surface area (TPSA) is 131 Å². The average Bonchev–Trinajstić information content (AvgIpc) is 2.79. The van der Waals surface area contributed by atoms with E-state index in [1.54, 1.807) is 42.5 Å². The molecule has 2 aromatic carbocycles. The first kappa shape index (κ1) is 27.6. The molecule has 3 aromatic rings. The molecule has 0 spiro atoms. The molecule has 0 saturated heterocycles. The Balaban J connectivity index is 2.50. The Labute approximate surface area is 216 Å². The van der Waals surface area contributed by atoms with Crippen LogP contribution in [0.3, 0.4) is 0 Å². The van der Waals surface area contributed by atoms with Crippen LogP contribution in [0, 0.1) is 0 Å². The summed E-state index contributed by atoms with van der Waals surface area (Å²) in [4.78, 5) is 40.6. The van der Waals surface area contributed by atoms with Crippen molar-refractivity contribution >= 4 is 23.3 Å². The zero-order valence-electron chi connectivity index (χ0n) is 22.5. The van der Waals surface area contributed by atoms with Crippen LogP contribution >= 0.6 is 0 Å². The van der Waals surface area contributed by atoms with Gasteiger partial charge in [-0.05, 0) is 41.5 Å². The molecule has 0 fully saturated rings. The summed E-state index contributed by atoms with van der Waals surface area (Å²) in [5, 5.41) is 21.5. The molecule has 0 saturated carbocycles. The second-order valence-electron chi connectivity index (χ2n) is 11.2. The molecule has 0 unspecified atom stereocenters. The Morgan fingerprint density at radius 3 is 1.92 bits per heavy atom. The molecule has 0 radical (unpaired) electrons. The van der Waals surface area contributed by atoms with Gasteiger partial charge in [-0.15, -0.1) is 0 Å². The van der Waals surface area contributed by atoms with Crippen LogP contribution in [0.2, 0.25) is 0 Å². The SMILES string of the molecule is CCCn1c(=O)c(N(C(=O)O)c2cc(C(C)(C)C)c(O)c(C(C)(C)C)c2)c(N)n(-c2ccccc2)c1=O. The maximum absolute atomic E-state index is 13.6. The Morgan fingerprint density at radius 1 is 0.973 bits per heavy atom. The lowest BCUT2D eigenvalue weighted by Gasteiger charge is -2.30. The molecule has 37 heavy (non-hydrogen) atoms. The number of aromatic nitrogens is 2. The van der Waals surface area contributed by atoms with Crippen molar-refractivity contribution < 1.29 is 15.0 Å². The molecule has 0 bridgehead atoms. The highest BCUT2D eigenvalue weighted by atomic mass is 16.4. The summed E-state index contributed by atoms with van der Waals surface area (Å²) in [6.07, 6.45) is -0.974. The van der Waals surface area contributed by atoms with Crippen LogP contribution in [0.5, 0.6) is 5.75 Å². The van der Waals surface area contributed by atoms with E-state index in [2.05, 4.69) is 0 Å². The molecule has 4 N–H and O–H groups in total. The molecule has 1 heterocycles. The average molecular weight is 509 g/mol. The number of para-hydroxylation sites is 1. The van der Waals surface area contributed by atoms with Crippen LogP contribution in [0.15, 0.2) is 52.1 Å². The number of aromatic hydroxyl groups is 1. The van der Waals surface area contributed by atoms with E-state index in [0.29, 0.717) is 23.2 Å².